The molecule has 0 N–H and O–H groups in total. The maximum absolute atomic E-state index is 2.08. The Morgan fingerprint density at radius 1 is 1.00 bits per heavy atom. The fourth-order valence-corrected chi connectivity index (χ4v) is 0.534. The molecule has 0 spiro atoms. The second kappa shape index (κ2) is 14.6. The van der Waals surface area contributed by atoms with E-state index in [-0.39, 0.29) is 55.4 Å². The first-order valence-electron chi connectivity index (χ1n) is 3.57. The van der Waals surface area contributed by atoms with Gasteiger partial charge in [-0.05, 0) is 6.92 Å². The van der Waals surface area contributed by atoms with Gasteiger partial charge >= 0.3 is 29.6 Å². The SMILES string of the molecule is C[CH-]C.Cc1ccccc1.[Na+].[Sc]. The Morgan fingerprint density at radius 3 is 1.50 bits per heavy atom. The van der Waals surface area contributed by atoms with Crippen LogP contribution in [0.2, 0.25) is 0 Å². The van der Waals surface area contributed by atoms with E-state index in [2.05, 4.69) is 19.1 Å². The molecule has 0 aromatic heterocycles. The van der Waals surface area contributed by atoms with Crippen molar-refractivity contribution in [1.29, 1.82) is 0 Å². The van der Waals surface area contributed by atoms with Crippen LogP contribution in [0.15, 0.2) is 30.3 Å². The van der Waals surface area contributed by atoms with E-state index in [9.17, 15) is 0 Å². The minimum absolute atomic E-state index is 0. The third-order valence-electron chi connectivity index (χ3n) is 0.940. The summed E-state index contributed by atoms with van der Waals surface area (Å²) in [4.78, 5) is 0. The van der Waals surface area contributed by atoms with Crippen molar-refractivity contribution in [3.05, 3.63) is 42.3 Å². The molecule has 0 aliphatic heterocycles. The average molecular weight is 203 g/mol. The molecule has 1 aromatic rings. The van der Waals surface area contributed by atoms with Crippen molar-refractivity contribution in [3.8, 4) is 0 Å². The van der Waals surface area contributed by atoms with Gasteiger partial charge < -0.3 is 6.42 Å². The van der Waals surface area contributed by atoms with Crippen molar-refractivity contribution < 1.29 is 55.4 Å². The molecule has 0 aliphatic rings. The molecule has 1 radical (unpaired) electrons. The zero-order chi connectivity index (χ0) is 7.82. The molecule has 1 rings (SSSR count). The van der Waals surface area contributed by atoms with Gasteiger partial charge in [-0.3, -0.25) is 0 Å². The van der Waals surface area contributed by atoms with Gasteiger partial charge in [0.15, 0.2) is 0 Å². The zero-order valence-electron chi connectivity index (χ0n) is 8.54. The number of hydrogen-bond donors (Lipinski definition) is 0. The molecule has 0 heterocycles. The standard InChI is InChI=1S/C7H8.C3H7.Na.Sc/c1-7-5-3-2-4-6-7;1-3-2;;/h2-6H,1H3;3H,1-2H3;;/q;-1;+1;. The Morgan fingerprint density at radius 2 is 1.33 bits per heavy atom. The van der Waals surface area contributed by atoms with Gasteiger partial charge in [-0.25, -0.2) is 0 Å². The Labute approximate surface area is 117 Å². The number of hydrogen-bond acceptors (Lipinski definition) is 0. The van der Waals surface area contributed by atoms with Gasteiger partial charge in [-0.2, -0.15) is 13.8 Å². The van der Waals surface area contributed by atoms with Gasteiger partial charge in [-0.15, -0.1) is 0 Å². The predicted molar refractivity (Wildman–Crippen MR) is 46.8 cm³/mol. The molecule has 59 valence electrons. The van der Waals surface area contributed by atoms with E-state index in [0.717, 1.165) is 0 Å². The van der Waals surface area contributed by atoms with Crippen LogP contribution in [-0.4, -0.2) is 0 Å². The smallest absolute Gasteiger partial charge is 0.335 e. The van der Waals surface area contributed by atoms with E-state index in [0.29, 0.717) is 0 Å². The van der Waals surface area contributed by atoms with Crippen molar-refractivity contribution in [3.63, 3.8) is 0 Å². The van der Waals surface area contributed by atoms with Crippen LogP contribution in [0.4, 0.5) is 0 Å². The predicted octanol–water partition coefficient (Wildman–Crippen LogP) is 0.227. The molecular formula is C10H15NaSc. The molecule has 0 aliphatic carbocycles. The van der Waals surface area contributed by atoms with Crippen molar-refractivity contribution in [2.45, 2.75) is 20.8 Å². The fraction of sp³-hybridized carbons (Fsp3) is 0.300. The number of benzene rings is 1. The Kier molecular flexibility index (Phi) is 22.9. The van der Waals surface area contributed by atoms with Crippen molar-refractivity contribution in [2.75, 3.05) is 0 Å². The van der Waals surface area contributed by atoms with Gasteiger partial charge in [0.05, 0.1) is 0 Å². The van der Waals surface area contributed by atoms with Crippen LogP contribution >= 0.6 is 0 Å². The van der Waals surface area contributed by atoms with E-state index in [4.69, 9.17) is 0 Å². The molecule has 0 bridgehead atoms. The maximum Gasteiger partial charge on any atom is 1.00 e. The van der Waals surface area contributed by atoms with E-state index in [1.54, 1.807) is 0 Å². The fourth-order valence-electron chi connectivity index (χ4n) is 0.534. The molecule has 2 heteroatoms. The first-order chi connectivity index (χ1) is 4.81. The second-order valence-corrected chi connectivity index (χ2v) is 2.23. The Balaban J connectivity index is -0.000000146. The van der Waals surface area contributed by atoms with E-state index in [1.807, 2.05) is 38.5 Å². The molecular weight excluding hydrogens is 188 g/mol. The molecule has 0 saturated heterocycles. The van der Waals surface area contributed by atoms with E-state index >= 15 is 0 Å². The van der Waals surface area contributed by atoms with Crippen LogP contribution in [0.25, 0.3) is 0 Å². The summed E-state index contributed by atoms with van der Waals surface area (Å²) in [7, 11) is 0. The monoisotopic (exact) mass is 203 g/mol. The van der Waals surface area contributed by atoms with Crippen molar-refractivity contribution >= 4 is 0 Å². The molecule has 0 nitrogen and oxygen atoms in total. The third kappa shape index (κ3) is 13.7. The molecule has 1 aromatic carbocycles. The summed E-state index contributed by atoms with van der Waals surface area (Å²) in [6.07, 6.45) is 2.00. The Hall–Kier alpha value is 1.09. The summed E-state index contributed by atoms with van der Waals surface area (Å²) < 4.78 is 0. The molecule has 0 atom stereocenters. The van der Waals surface area contributed by atoms with Crippen LogP contribution in [0, 0.1) is 13.3 Å². The summed E-state index contributed by atoms with van der Waals surface area (Å²) in [6, 6.07) is 10.3. The summed E-state index contributed by atoms with van der Waals surface area (Å²) in [5, 5.41) is 0. The van der Waals surface area contributed by atoms with Crippen LogP contribution in [0.5, 0.6) is 0 Å². The first kappa shape index (κ1) is 18.8. The van der Waals surface area contributed by atoms with Crippen LogP contribution < -0.4 is 29.6 Å². The number of rotatable bonds is 0. The van der Waals surface area contributed by atoms with Gasteiger partial charge in [0, 0.05) is 25.8 Å². The van der Waals surface area contributed by atoms with Crippen LogP contribution in [-0.2, 0) is 25.8 Å². The molecule has 0 saturated carbocycles. The summed E-state index contributed by atoms with van der Waals surface area (Å²) in [5.41, 5.74) is 1.32. The minimum atomic E-state index is 0. The van der Waals surface area contributed by atoms with E-state index < -0.39 is 0 Å². The average Bonchev–Trinajstić information content (AvgIpc) is 1.91. The van der Waals surface area contributed by atoms with Gasteiger partial charge in [0.1, 0.15) is 0 Å². The normalized spacial score (nSPS) is 6.58. The van der Waals surface area contributed by atoms with Gasteiger partial charge in [-0.1, -0.05) is 35.9 Å². The minimum Gasteiger partial charge on any atom is -0.335 e. The third-order valence-corrected chi connectivity index (χ3v) is 0.940. The quantitative estimate of drug-likeness (QED) is 0.418. The summed E-state index contributed by atoms with van der Waals surface area (Å²) >= 11 is 0. The van der Waals surface area contributed by atoms with Crippen molar-refractivity contribution in [1.82, 2.24) is 0 Å². The molecule has 0 unspecified atom stereocenters. The Bertz CT molecular complexity index is 151. The van der Waals surface area contributed by atoms with E-state index in [1.165, 1.54) is 5.56 Å². The first-order valence-corrected chi connectivity index (χ1v) is 3.57. The van der Waals surface area contributed by atoms with Crippen LogP contribution in [0.3, 0.4) is 0 Å². The summed E-state index contributed by atoms with van der Waals surface area (Å²) in [6.45, 7) is 6.08. The topological polar surface area (TPSA) is 0 Å². The largest absolute Gasteiger partial charge is 1.00 e. The summed E-state index contributed by atoms with van der Waals surface area (Å²) in [5.74, 6) is 0. The maximum atomic E-state index is 2.08. The van der Waals surface area contributed by atoms with Crippen molar-refractivity contribution in [2.24, 2.45) is 0 Å². The number of aryl methyl sites for hydroxylation is 1. The van der Waals surface area contributed by atoms with Crippen LogP contribution in [0.1, 0.15) is 19.4 Å². The molecule has 0 fully saturated rings. The van der Waals surface area contributed by atoms with Gasteiger partial charge in [0.2, 0.25) is 0 Å². The van der Waals surface area contributed by atoms with Gasteiger partial charge in [0.25, 0.3) is 0 Å². The zero-order valence-corrected chi connectivity index (χ0v) is 12.3. The molecule has 0 amide bonds. The molecule has 12 heavy (non-hydrogen) atoms. The second-order valence-electron chi connectivity index (χ2n) is 2.23.